The van der Waals surface area contributed by atoms with Gasteiger partial charge in [0.1, 0.15) is 18.6 Å². The van der Waals surface area contributed by atoms with E-state index in [1.807, 2.05) is 35.2 Å². The predicted molar refractivity (Wildman–Crippen MR) is 101 cm³/mol. The van der Waals surface area contributed by atoms with Gasteiger partial charge in [0.2, 0.25) is 0 Å². The van der Waals surface area contributed by atoms with Crippen molar-refractivity contribution in [2.75, 3.05) is 32.8 Å². The fourth-order valence-electron chi connectivity index (χ4n) is 3.06. The highest BCUT2D eigenvalue weighted by Gasteiger charge is 2.24. The lowest BCUT2D eigenvalue weighted by molar-refractivity contribution is 0.0690. The highest BCUT2D eigenvalue weighted by molar-refractivity contribution is 5.93. The fourth-order valence-corrected chi connectivity index (χ4v) is 3.06. The van der Waals surface area contributed by atoms with Crippen LogP contribution >= 0.6 is 0 Å². The Balaban J connectivity index is 1.27. The number of para-hydroxylation sites is 1. The molecule has 0 bridgehead atoms. The molecule has 27 heavy (non-hydrogen) atoms. The Morgan fingerprint density at radius 2 is 1.89 bits per heavy atom. The van der Waals surface area contributed by atoms with Gasteiger partial charge in [0, 0.05) is 19.6 Å². The number of hydrogen-bond donors (Lipinski definition) is 2. The molecule has 0 radical (unpaired) electrons. The quantitative estimate of drug-likeness (QED) is 0.733. The van der Waals surface area contributed by atoms with Crippen LogP contribution in [0.25, 0.3) is 0 Å². The van der Waals surface area contributed by atoms with Gasteiger partial charge in [-0.1, -0.05) is 18.2 Å². The number of nitrogens with zero attached hydrogens (tertiary/aromatic N) is 1. The molecule has 1 aliphatic rings. The van der Waals surface area contributed by atoms with E-state index < -0.39 is 0 Å². The van der Waals surface area contributed by atoms with Crippen molar-refractivity contribution in [3.8, 4) is 5.75 Å². The van der Waals surface area contributed by atoms with Crippen molar-refractivity contribution in [2.45, 2.75) is 12.8 Å². The third-order valence-corrected chi connectivity index (χ3v) is 4.62. The Bertz CT molecular complexity index is 710. The van der Waals surface area contributed by atoms with E-state index in [4.69, 9.17) is 9.15 Å². The topological polar surface area (TPSA) is 83.8 Å². The molecule has 2 heterocycles. The van der Waals surface area contributed by atoms with E-state index >= 15 is 0 Å². The summed E-state index contributed by atoms with van der Waals surface area (Å²) in [5.41, 5.74) is 0.587. The van der Waals surface area contributed by atoms with Crippen molar-refractivity contribution < 1.29 is 18.7 Å². The zero-order valence-corrected chi connectivity index (χ0v) is 15.2. The van der Waals surface area contributed by atoms with Crippen LogP contribution in [-0.2, 0) is 0 Å². The predicted octanol–water partition coefficient (Wildman–Crippen LogP) is 2.51. The van der Waals surface area contributed by atoms with Crippen LogP contribution in [0.1, 0.15) is 23.2 Å². The number of carbonyl (C=O) groups excluding carboxylic acids is 2. The summed E-state index contributed by atoms with van der Waals surface area (Å²) < 4.78 is 10.5. The standard InChI is InChI=1S/C20H25N3O4/c24-19(17-8-12-26-15-17)23-10-6-16(7-11-23)14-22-20(25)21-9-13-27-18-4-2-1-3-5-18/h1-5,8,12,15-16H,6-7,9-11,13-14H2,(H2,21,22,25). The van der Waals surface area contributed by atoms with Crippen LogP contribution in [0.5, 0.6) is 5.75 Å². The van der Waals surface area contributed by atoms with Crippen LogP contribution in [-0.4, -0.2) is 49.6 Å². The van der Waals surface area contributed by atoms with Gasteiger partial charge < -0.3 is 24.7 Å². The Kier molecular flexibility index (Phi) is 6.73. The van der Waals surface area contributed by atoms with Crippen LogP contribution < -0.4 is 15.4 Å². The number of piperidine rings is 1. The van der Waals surface area contributed by atoms with E-state index in [2.05, 4.69) is 10.6 Å². The third-order valence-electron chi connectivity index (χ3n) is 4.62. The molecule has 3 rings (SSSR count). The first kappa shape index (κ1) is 18.8. The second-order valence-electron chi connectivity index (χ2n) is 6.55. The van der Waals surface area contributed by atoms with E-state index in [0.717, 1.165) is 18.6 Å². The Hall–Kier alpha value is -2.96. The number of carbonyl (C=O) groups is 2. The molecule has 0 aliphatic carbocycles. The van der Waals surface area contributed by atoms with Gasteiger partial charge in [-0.25, -0.2) is 4.79 Å². The van der Waals surface area contributed by atoms with Crippen molar-refractivity contribution in [3.63, 3.8) is 0 Å². The summed E-state index contributed by atoms with van der Waals surface area (Å²) in [6, 6.07) is 11.0. The number of rotatable bonds is 7. The van der Waals surface area contributed by atoms with E-state index in [-0.39, 0.29) is 11.9 Å². The molecule has 1 aromatic carbocycles. The largest absolute Gasteiger partial charge is 0.492 e. The van der Waals surface area contributed by atoms with Crippen molar-refractivity contribution in [3.05, 3.63) is 54.5 Å². The number of likely N-dealkylation sites (tertiary alicyclic amines) is 1. The van der Waals surface area contributed by atoms with Gasteiger partial charge >= 0.3 is 6.03 Å². The van der Waals surface area contributed by atoms with Crippen molar-refractivity contribution in [2.24, 2.45) is 5.92 Å². The number of nitrogens with one attached hydrogen (secondary N) is 2. The molecule has 0 atom stereocenters. The van der Waals surface area contributed by atoms with Crippen LogP contribution in [0, 0.1) is 5.92 Å². The van der Waals surface area contributed by atoms with Crippen molar-refractivity contribution in [1.82, 2.24) is 15.5 Å². The monoisotopic (exact) mass is 371 g/mol. The summed E-state index contributed by atoms with van der Waals surface area (Å²) in [5.74, 6) is 1.17. The number of benzene rings is 1. The number of ether oxygens (including phenoxy) is 1. The molecule has 0 unspecified atom stereocenters. The summed E-state index contributed by atoms with van der Waals surface area (Å²) in [5, 5.41) is 5.69. The maximum atomic E-state index is 12.3. The molecule has 1 aromatic heterocycles. The first-order valence-corrected chi connectivity index (χ1v) is 9.23. The molecule has 1 aliphatic heterocycles. The minimum absolute atomic E-state index is 0.00585. The molecule has 2 N–H and O–H groups in total. The van der Waals surface area contributed by atoms with Gasteiger partial charge in [-0.3, -0.25) is 4.79 Å². The number of hydrogen-bond acceptors (Lipinski definition) is 4. The SMILES string of the molecule is O=C(NCCOc1ccccc1)NCC1CCN(C(=O)c2ccoc2)CC1. The maximum Gasteiger partial charge on any atom is 0.314 e. The van der Waals surface area contributed by atoms with E-state index in [9.17, 15) is 9.59 Å². The minimum Gasteiger partial charge on any atom is -0.492 e. The molecular weight excluding hydrogens is 346 g/mol. The Labute approximate surface area is 158 Å². The Morgan fingerprint density at radius 1 is 1.11 bits per heavy atom. The summed E-state index contributed by atoms with van der Waals surface area (Å²) >= 11 is 0. The molecular formula is C20H25N3O4. The van der Waals surface area contributed by atoms with Gasteiger partial charge in [-0.15, -0.1) is 0 Å². The summed E-state index contributed by atoms with van der Waals surface area (Å²) in [7, 11) is 0. The zero-order chi connectivity index (χ0) is 18.9. The Morgan fingerprint density at radius 3 is 2.59 bits per heavy atom. The molecule has 7 heteroatoms. The highest BCUT2D eigenvalue weighted by atomic mass is 16.5. The van der Waals surface area contributed by atoms with Crippen LogP contribution in [0.2, 0.25) is 0 Å². The zero-order valence-electron chi connectivity index (χ0n) is 15.2. The fraction of sp³-hybridized carbons (Fsp3) is 0.400. The number of urea groups is 1. The normalized spacial score (nSPS) is 14.6. The van der Waals surface area contributed by atoms with Crippen LogP contribution in [0.4, 0.5) is 4.79 Å². The average molecular weight is 371 g/mol. The molecule has 1 fully saturated rings. The van der Waals surface area contributed by atoms with Gasteiger partial charge in [0.05, 0.1) is 18.4 Å². The second-order valence-corrected chi connectivity index (χ2v) is 6.55. The first-order chi connectivity index (χ1) is 13.2. The van der Waals surface area contributed by atoms with E-state index in [1.165, 1.54) is 12.5 Å². The van der Waals surface area contributed by atoms with Gasteiger partial charge in [0.15, 0.2) is 0 Å². The van der Waals surface area contributed by atoms with Crippen molar-refractivity contribution >= 4 is 11.9 Å². The van der Waals surface area contributed by atoms with Crippen LogP contribution in [0.3, 0.4) is 0 Å². The summed E-state index contributed by atoms with van der Waals surface area (Å²) in [6.07, 6.45) is 4.73. The molecule has 0 saturated carbocycles. The summed E-state index contributed by atoms with van der Waals surface area (Å²) in [4.78, 5) is 26.0. The smallest absolute Gasteiger partial charge is 0.314 e. The van der Waals surface area contributed by atoms with Crippen molar-refractivity contribution in [1.29, 1.82) is 0 Å². The first-order valence-electron chi connectivity index (χ1n) is 9.23. The van der Waals surface area contributed by atoms with Crippen LogP contribution in [0.15, 0.2) is 53.3 Å². The second kappa shape index (κ2) is 9.66. The molecule has 144 valence electrons. The van der Waals surface area contributed by atoms with E-state index in [0.29, 0.717) is 44.3 Å². The molecule has 7 nitrogen and oxygen atoms in total. The highest BCUT2D eigenvalue weighted by Crippen LogP contribution is 2.18. The van der Waals surface area contributed by atoms with Gasteiger partial charge in [-0.2, -0.15) is 0 Å². The minimum atomic E-state index is -0.191. The number of amides is 3. The molecule has 2 aromatic rings. The molecule has 1 saturated heterocycles. The number of furan rings is 1. The molecule has 0 spiro atoms. The maximum absolute atomic E-state index is 12.3. The van der Waals surface area contributed by atoms with E-state index in [1.54, 1.807) is 6.07 Å². The lowest BCUT2D eigenvalue weighted by Gasteiger charge is -2.31. The summed E-state index contributed by atoms with van der Waals surface area (Å²) in [6.45, 7) is 2.87. The van der Waals surface area contributed by atoms with Gasteiger partial charge in [-0.05, 0) is 37.0 Å². The third kappa shape index (κ3) is 5.77. The van der Waals surface area contributed by atoms with Gasteiger partial charge in [0.25, 0.3) is 5.91 Å². The lowest BCUT2D eigenvalue weighted by atomic mass is 9.96. The lowest BCUT2D eigenvalue weighted by Crippen LogP contribution is -2.44. The molecule has 3 amide bonds. The average Bonchev–Trinajstić information content (AvgIpc) is 3.25.